The number of nitrogens with zero attached hydrogens (tertiary/aromatic N) is 4. The van der Waals surface area contributed by atoms with E-state index in [0.717, 1.165) is 19.4 Å². The summed E-state index contributed by atoms with van der Waals surface area (Å²) in [5.74, 6) is -0.660. The smallest absolute Gasteiger partial charge is 0.234 e. The lowest BCUT2D eigenvalue weighted by Gasteiger charge is -2.10. The van der Waals surface area contributed by atoms with Crippen LogP contribution in [0.1, 0.15) is 12.8 Å². The van der Waals surface area contributed by atoms with E-state index >= 15 is 0 Å². The summed E-state index contributed by atoms with van der Waals surface area (Å²) >= 11 is 6.91. The summed E-state index contributed by atoms with van der Waals surface area (Å²) in [6.45, 7) is 1.34. The maximum atomic E-state index is 13.1. The number of nitrogens with one attached hydrogen (secondary N) is 1. The van der Waals surface area contributed by atoms with Crippen LogP contribution in [0.5, 0.6) is 0 Å². The van der Waals surface area contributed by atoms with Crippen LogP contribution in [0.3, 0.4) is 0 Å². The molecule has 10 heteroatoms. The molecular formula is C14H15ClFN5O2S. The number of ether oxygens (including phenoxy) is 1. The highest BCUT2D eigenvalue weighted by Crippen LogP contribution is 2.21. The van der Waals surface area contributed by atoms with Crippen molar-refractivity contribution in [1.82, 2.24) is 20.2 Å². The Kier molecular flexibility index (Phi) is 5.64. The number of anilines is 1. The molecule has 1 atom stereocenters. The van der Waals surface area contributed by atoms with Crippen molar-refractivity contribution in [2.75, 3.05) is 17.7 Å². The van der Waals surface area contributed by atoms with Crippen LogP contribution in [-0.2, 0) is 16.1 Å². The Labute approximate surface area is 146 Å². The Morgan fingerprint density at radius 3 is 3.17 bits per heavy atom. The minimum Gasteiger partial charge on any atom is -0.376 e. The van der Waals surface area contributed by atoms with Crippen LogP contribution in [-0.4, -0.2) is 44.6 Å². The molecule has 0 radical (unpaired) electrons. The van der Waals surface area contributed by atoms with Crippen LogP contribution in [0.4, 0.5) is 10.1 Å². The van der Waals surface area contributed by atoms with Gasteiger partial charge in [0.1, 0.15) is 5.82 Å². The molecule has 0 spiro atoms. The zero-order chi connectivity index (χ0) is 16.9. The third-order valence-corrected chi connectivity index (χ3v) is 4.68. The molecule has 1 aliphatic heterocycles. The molecule has 0 saturated carbocycles. The minimum absolute atomic E-state index is 0.0408. The maximum Gasteiger partial charge on any atom is 0.234 e. The highest BCUT2D eigenvalue weighted by molar-refractivity contribution is 7.99. The van der Waals surface area contributed by atoms with Gasteiger partial charge in [-0.15, -0.1) is 5.10 Å². The molecule has 1 N–H and O–H groups in total. The van der Waals surface area contributed by atoms with Crippen molar-refractivity contribution in [2.45, 2.75) is 30.6 Å². The largest absolute Gasteiger partial charge is 0.376 e. The molecule has 128 valence electrons. The molecule has 1 aromatic heterocycles. The van der Waals surface area contributed by atoms with Gasteiger partial charge in [0.05, 0.1) is 23.4 Å². The number of carbonyl (C=O) groups excluding carboxylic acids is 1. The fourth-order valence-corrected chi connectivity index (χ4v) is 3.16. The predicted octanol–water partition coefficient (Wildman–Crippen LogP) is 2.38. The number of aromatic nitrogens is 4. The number of hydrogen-bond donors (Lipinski definition) is 1. The van der Waals surface area contributed by atoms with E-state index < -0.39 is 5.82 Å². The average Bonchev–Trinajstić information content (AvgIpc) is 3.21. The summed E-state index contributed by atoms with van der Waals surface area (Å²) in [7, 11) is 0. The van der Waals surface area contributed by atoms with E-state index in [1.807, 2.05) is 0 Å². The first-order valence-corrected chi connectivity index (χ1v) is 8.73. The van der Waals surface area contributed by atoms with Crippen LogP contribution >= 0.6 is 23.4 Å². The molecule has 1 fully saturated rings. The van der Waals surface area contributed by atoms with E-state index in [-0.39, 0.29) is 22.8 Å². The summed E-state index contributed by atoms with van der Waals surface area (Å²) in [6.07, 6.45) is 2.14. The third-order valence-electron chi connectivity index (χ3n) is 3.44. The summed E-state index contributed by atoms with van der Waals surface area (Å²) in [4.78, 5) is 12.0. The number of hydrogen-bond acceptors (Lipinski definition) is 6. The van der Waals surface area contributed by atoms with Crippen molar-refractivity contribution in [3.63, 3.8) is 0 Å². The maximum absolute atomic E-state index is 13.1. The van der Waals surface area contributed by atoms with Gasteiger partial charge in [0, 0.05) is 12.3 Å². The molecule has 24 heavy (non-hydrogen) atoms. The fourth-order valence-electron chi connectivity index (χ4n) is 2.30. The predicted molar refractivity (Wildman–Crippen MR) is 87.6 cm³/mol. The van der Waals surface area contributed by atoms with Gasteiger partial charge in [0.15, 0.2) is 0 Å². The standard InChI is InChI=1S/C14H15ClFN5O2S/c15-11-6-9(3-4-12(11)16)17-13(22)8-24-14-18-19-20-21(14)7-10-2-1-5-23-10/h3-4,6,10H,1-2,5,7-8H2,(H,17,22). The van der Waals surface area contributed by atoms with Crippen molar-refractivity contribution < 1.29 is 13.9 Å². The lowest BCUT2D eigenvalue weighted by atomic mass is 10.2. The molecule has 2 aromatic rings. The van der Waals surface area contributed by atoms with Gasteiger partial charge in [0.25, 0.3) is 0 Å². The molecule has 1 aromatic carbocycles. The lowest BCUT2D eigenvalue weighted by molar-refractivity contribution is -0.113. The topological polar surface area (TPSA) is 81.9 Å². The molecule has 1 aliphatic rings. The Bertz CT molecular complexity index is 723. The highest BCUT2D eigenvalue weighted by atomic mass is 35.5. The van der Waals surface area contributed by atoms with Crippen LogP contribution in [0.2, 0.25) is 5.02 Å². The molecule has 1 unspecified atom stereocenters. The second-order valence-electron chi connectivity index (χ2n) is 5.24. The van der Waals surface area contributed by atoms with Gasteiger partial charge in [-0.25, -0.2) is 9.07 Å². The average molecular weight is 372 g/mol. The summed E-state index contributed by atoms with van der Waals surface area (Å²) in [5.41, 5.74) is 0.436. The summed E-state index contributed by atoms with van der Waals surface area (Å²) < 4.78 is 20.3. The van der Waals surface area contributed by atoms with Crippen molar-refractivity contribution in [1.29, 1.82) is 0 Å². The van der Waals surface area contributed by atoms with Gasteiger partial charge in [-0.3, -0.25) is 4.79 Å². The fraction of sp³-hybridized carbons (Fsp3) is 0.429. The van der Waals surface area contributed by atoms with E-state index in [4.69, 9.17) is 16.3 Å². The first-order valence-electron chi connectivity index (χ1n) is 7.37. The van der Waals surface area contributed by atoms with Gasteiger partial charge in [-0.1, -0.05) is 23.4 Å². The number of tetrazole rings is 1. The number of thioether (sulfide) groups is 1. The summed E-state index contributed by atoms with van der Waals surface area (Å²) in [5, 5.41) is 14.7. The second kappa shape index (κ2) is 7.91. The Morgan fingerprint density at radius 2 is 2.42 bits per heavy atom. The van der Waals surface area contributed by atoms with Crippen LogP contribution in [0.25, 0.3) is 0 Å². The van der Waals surface area contributed by atoms with Crippen molar-refractivity contribution in [3.8, 4) is 0 Å². The van der Waals surface area contributed by atoms with Gasteiger partial charge in [-0.05, 0) is 41.5 Å². The third kappa shape index (κ3) is 4.43. The van der Waals surface area contributed by atoms with Gasteiger partial charge < -0.3 is 10.1 Å². The monoisotopic (exact) mass is 371 g/mol. The van der Waals surface area contributed by atoms with Crippen molar-refractivity contribution in [2.24, 2.45) is 0 Å². The number of carbonyl (C=O) groups is 1. The lowest BCUT2D eigenvalue weighted by Crippen LogP contribution is -2.18. The SMILES string of the molecule is O=C(CSc1nnnn1CC1CCCO1)Nc1ccc(F)c(Cl)c1. The van der Waals surface area contributed by atoms with Gasteiger partial charge in [0.2, 0.25) is 11.1 Å². The normalized spacial score (nSPS) is 17.2. The zero-order valence-electron chi connectivity index (χ0n) is 12.6. The molecule has 3 rings (SSSR count). The molecule has 7 nitrogen and oxygen atoms in total. The molecule has 2 heterocycles. The Morgan fingerprint density at radius 1 is 1.54 bits per heavy atom. The van der Waals surface area contributed by atoms with Crippen LogP contribution in [0, 0.1) is 5.82 Å². The molecule has 0 bridgehead atoms. The highest BCUT2D eigenvalue weighted by Gasteiger charge is 2.19. The molecule has 0 aliphatic carbocycles. The van der Waals surface area contributed by atoms with Crippen molar-refractivity contribution >= 4 is 35.0 Å². The summed E-state index contributed by atoms with van der Waals surface area (Å²) in [6, 6.07) is 4.01. The van der Waals surface area contributed by atoms with E-state index in [1.165, 1.54) is 30.0 Å². The van der Waals surface area contributed by atoms with E-state index in [9.17, 15) is 9.18 Å². The Balaban J connectivity index is 1.52. The zero-order valence-corrected chi connectivity index (χ0v) is 14.2. The van der Waals surface area contributed by atoms with E-state index in [0.29, 0.717) is 17.4 Å². The number of halogens is 2. The minimum atomic E-state index is -0.530. The van der Waals surface area contributed by atoms with Gasteiger partial charge >= 0.3 is 0 Å². The quantitative estimate of drug-likeness (QED) is 0.785. The van der Waals surface area contributed by atoms with Crippen LogP contribution < -0.4 is 5.32 Å². The van der Waals surface area contributed by atoms with Crippen LogP contribution in [0.15, 0.2) is 23.4 Å². The number of rotatable bonds is 6. The number of amides is 1. The molecular weight excluding hydrogens is 357 g/mol. The van der Waals surface area contributed by atoms with E-state index in [2.05, 4.69) is 20.8 Å². The van der Waals surface area contributed by atoms with Crippen molar-refractivity contribution in [3.05, 3.63) is 29.0 Å². The Hall–Kier alpha value is -1.71. The second-order valence-corrected chi connectivity index (χ2v) is 6.59. The molecule has 1 amide bonds. The van der Waals surface area contributed by atoms with E-state index in [1.54, 1.807) is 4.68 Å². The first kappa shape index (κ1) is 17.1. The molecule has 1 saturated heterocycles. The number of benzene rings is 1. The first-order chi connectivity index (χ1) is 11.6. The van der Waals surface area contributed by atoms with Gasteiger partial charge in [-0.2, -0.15) is 0 Å².